The molecular formula is C12H16ClN3. The fraction of sp³-hybridized carbons (Fsp3) is 0.250. The van der Waals surface area contributed by atoms with Crippen LogP contribution in [0.4, 0.5) is 5.82 Å². The second-order valence-electron chi connectivity index (χ2n) is 3.58. The molecule has 2 N–H and O–H groups in total. The molecule has 0 atom stereocenters. The first kappa shape index (κ1) is 12.6. The van der Waals surface area contributed by atoms with Gasteiger partial charge in [-0.3, -0.25) is 0 Å². The van der Waals surface area contributed by atoms with Crippen LogP contribution in [0.1, 0.15) is 18.1 Å². The number of nitrogen functional groups attached to an aromatic ring is 1. The zero-order chi connectivity index (χ0) is 10.7. The predicted octanol–water partition coefficient (Wildman–Crippen LogP) is 2.50. The van der Waals surface area contributed by atoms with Crippen molar-refractivity contribution in [3.63, 3.8) is 0 Å². The molecule has 0 aliphatic heterocycles. The Kier molecular flexibility index (Phi) is 4.38. The van der Waals surface area contributed by atoms with E-state index in [1.54, 1.807) is 16.9 Å². The Hall–Kier alpha value is -1.48. The number of nitrogens with two attached hydrogens (primary N) is 1. The molecule has 2 rings (SSSR count). The van der Waals surface area contributed by atoms with Crippen molar-refractivity contribution in [2.75, 3.05) is 5.73 Å². The summed E-state index contributed by atoms with van der Waals surface area (Å²) in [5.41, 5.74) is 8.32. The van der Waals surface area contributed by atoms with Crippen molar-refractivity contribution in [1.82, 2.24) is 9.78 Å². The van der Waals surface area contributed by atoms with Crippen LogP contribution in [0.3, 0.4) is 0 Å². The molecule has 86 valence electrons. The minimum absolute atomic E-state index is 0. The average Bonchev–Trinajstić information content (AvgIpc) is 2.66. The molecule has 1 heterocycles. The van der Waals surface area contributed by atoms with Crippen molar-refractivity contribution in [2.24, 2.45) is 0 Å². The zero-order valence-corrected chi connectivity index (χ0v) is 10.1. The van der Waals surface area contributed by atoms with Gasteiger partial charge in [0.1, 0.15) is 5.82 Å². The number of anilines is 1. The largest absolute Gasteiger partial charge is 0.384 e. The Labute approximate surface area is 102 Å². The van der Waals surface area contributed by atoms with Gasteiger partial charge in [0, 0.05) is 0 Å². The maximum absolute atomic E-state index is 5.74. The van der Waals surface area contributed by atoms with E-state index in [0.717, 1.165) is 13.0 Å². The highest BCUT2D eigenvalue weighted by atomic mass is 35.5. The zero-order valence-electron chi connectivity index (χ0n) is 9.26. The van der Waals surface area contributed by atoms with Crippen LogP contribution in [0.25, 0.3) is 0 Å². The van der Waals surface area contributed by atoms with E-state index < -0.39 is 0 Å². The van der Waals surface area contributed by atoms with E-state index in [2.05, 4.69) is 36.3 Å². The van der Waals surface area contributed by atoms with Crippen LogP contribution in [-0.4, -0.2) is 9.78 Å². The fourth-order valence-electron chi connectivity index (χ4n) is 1.53. The summed E-state index contributed by atoms with van der Waals surface area (Å²) in [7, 11) is 0. The number of aromatic nitrogens is 2. The lowest BCUT2D eigenvalue weighted by atomic mass is 10.1. The molecule has 0 bridgehead atoms. The Morgan fingerprint density at radius 3 is 2.25 bits per heavy atom. The molecule has 0 radical (unpaired) electrons. The minimum atomic E-state index is 0. The third-order valence-electron chi connectivity index (χ3n) is 2.51. The van der Waals surface area contributed by atoms with E-state index in [9.17, 15) is 0 Å². The van der Waals surface area contributed by atoms with Gasteiger partial charge in [-0.25, -0.2) is 4.68 Å². The van der Waals surface area contributed by atoms with Crippen LogP contribution >= 0.6 is 12.4 Å². The number of hydrogen-bond donors (Lipinski definition) is 1. The summed E-state index contributed by atoms with van der Waals surface area (Å²) in [6, 6.07) is 10.4. The van der Waals surface area contributed by atoms with Gasteiger partial charge in [0.15, 0.2) is 0 Å². The van der Waals surface area contributed by atoms with Crippen LogP contribution < -0.4 is 5.73 Å². The summed E-state index contributed by atoms with van der Waals surface area (Å²) in [6.07, 6.45) is 2.79. The molecule has 0 unspecified atom stereocenters. The Balaban J connectivity index is 0.00000128. The topological polar surface area (TPSA) is 43.8 Å². The van der Waals surface area contributed by atoms with Crippen molar-refractivity contribution in [3.05, 3.63) is 47.7 Å². The smallest absolute Gasteiger partial charge is 0.122 e. The number of rotatable bonds is 3. The monoisotopic (exact) mass is 237 g/mol. The van der Waals surface area contributed by atoms with Crippen LogP contribution in [0.15, 0.2) is 36.5 Å². The summed E-state index contributed by atoms with van der Waals surface area (Å²) < 4.78 is 1.79. The van der Waals surface area contributed by atoms with Crippen molar-refractivity contribution in [3.8, 4) is 0 Å². The van der Waals surface area contributed by atoms with Crippen molar-refractivity contribution in [1.29, 1.82) is 0 Å². The Morgan fingerprint density at radius 2 is 1.75 bits per heavy atom. The van der Waals surface area contributed by atoms with Gasteiger partial charge < -0.3 is 5.73 Å². The summed E-state index contributed by atoms with van der Waals surface area (Å²) >= 11 is 0. The van der Waals surface area contributed by atoms with E-state index >= 15 is 0 Å². The second kappa shape index (κ2) is 5.56. The lowest BCUT2D eigenvalue weighted by Gasteiger charge is -2.05. The third kappa shape index (κ3) is 2.76. The van der Waals surface area contributed by atoms with Crippen molar-refractivity contribution in [2.45, 2.75) is 19.9 Å². The first-order valence-corrected chi connectivity index (χ1v) is 5.14. The van der Waals surface area contributed by atoms with Gasteiger partial charge in [0.2, 0.25) is 0 Å². The molecule has 4 heteroatoms. The van der Waals surface area contributed by atoms with Gasteiger partial charge in [0.05, 0.1) is 12.7 Å². The average molecular weight is 238 g/mol. The number of nitrogens with zero attached hydrogens (tertiary/aromatic N) is 2. The van der Waals surface area contributed by atoms with Crippen LogP contribution in [-0.2, 0) is 13.0 Å². The SMILES string of the molecule is CCc1ccc(Cn2nccc2N)cc1.Cl. The second-order valence-corrected chi connectivity index (χ2v) is 3.58. The highest BCUT2D eigenvalue weighted by Crippen LogP contribution is 2.08. The van der Waals surface area contributed by atoms with Crippen molar-refractivity contribution < 1.29 is 0 Å². The predicted molar refractivity (Wildman–Crippen MR) is 68.8 cm³/mol. The maximum Gasteiger partial charge on any atom is 0.122 e. The summed E-state index contributed by atoms with van der Waals surface area (Å²) in [4.78, 5) is 0. The standard InChI is InChI=1S/C12H15N3.ClH/c1-2-10-3-5-11(6-4-10)9-15-12(13)7-8-14-15;/h3-8H,2,9,13H2,1H3;1H. The molecule has 1 aromatic heterocycles. The molecule has 0 aliphatic carbocycles. The number of benzene rings is 1. The molecule has 0 aliphatic rings. The Morgan fingerprint density at radius 1 is 1.12 bits per heavy atom. The molecule has 0 saturated carbocycles. The van der Waals surface area contributed by atoms with E-state index in [1.807, 2.05) is 0 Å². The molecule has 0 fully saturated rings. The lowest BCUT2D eigenvalue weighted by molar-refractivity contribution is 0.697. The molecule has 3 nitrogen and oxygen atoms in total. The molecule has 0 saturated heterocycles. The summed E-state index contributed by atoms with van der Waals surface area (Å²) in [6.45, 7) is 2.89. The first-order valence-electron chi connectivity index (χ1n) is 5.14. The van der Waals surface area contributed by atoms with Gasteiger partial charge in [-0.15, -0.1) is 12.4 Å². The first-order chi connectivity index (χ1) is 7.29. The quantitative estimate of drug-likeness (QED) is 0.892. The van der Waals surface area contributed by atoms with E-state index in [4.69, 9.17) is 5.73 Å². The molecule has 0 amide bonds. The fourth-order valence-corrected chi connectivity index (χ4v) is 1.53. The van der Waals surface area contributed by atoms with Gasteiger partial charge in [0.25, 0.3) is 0 Å². The number of aryl methyl sites for hydroxylation is 1. The van der Waals surface area contributed by atoms with E-state index in [1.165, 1.54) is 11.1 Å². The van der Waals surface area contributed by atoms with Gasteiger partial charge in [-0.1, -0.05) is 31.2 Å². The van der Waals surface area contributed by atoms with Gasteiger partial charge in [-0.05, 0) is 23.6 Å². The molecular weight excluding hydrogens is 222 g/mol. The normalized spacial score (nSPS) is 9.81. The molecule has 0 spiro atoms. The van der Waals surface area contributed by atoms with Crippen LogP contribution in [0, 0.1) is 0 Å². The van der Waals surface area contributed by atoms with E-state index in [0.29, 0.717) is 5.82 Å². The summed E-state index contributed by atoms with van der Waals surface area (Å²) in [5.74, 6) is 0.703. The molecule has 1 aromatic carbocycles. The van der Waals surface area contributed by atoms with Gasteiger partial charge >= 0.3 is 0 Å². The highest BCUT2D eigenvalue weighted by molar-refractivity contribution is 5.85. The third-order valence-corrected chi connectivity index (χ3v) is 2.51. The highest BCUT2D eigenvalue weighted by Gasteiger charge is 1.99. The molecule has 2 aromatic rings. The van der Waals surface area contributed by atoms with E-state index in [-0.39, 0.29) is 12.4 Å². The lowest BCUT2D eigenvalue weighted by Crippen LogP contribution is -2.05. The van der Waals surface area contributed by atoms with Crippen molar-refractivity contribution >= 4 is 18.2 Å². The number of hydrogen-bond acceptors (Lipinski definition) is 2. The summed E-state index contributed by atoms with van der Waals surface area (Å²) in [5, 5.41) is 4.15. The minimum Gasteiger partial charge on any atom is -0.384 e. The van der Waals surface area contributed by atoms with Crippen LogP contribution in [0.2, 0.25) is 0 Å². The van der Waals surface area contributed by atoms with Gasteiger partial charge in [-0.2, -0.15) is 5.10 Å². The number of halogens is 1. The Bertz CT molecular complexity index is 434. The maximum atomic E-state index is 5.74. The van der Waals surface area contributed by atoms with Crippen LogP contribution in [0.5, 0.6) is 0 Å². The molecule has 16 heavy (non-hydrogen) atoms.